The first kappa shape index (κ1) is 17.5. The molecule has 1 amide bonds. The van der Waals surface area contributed by atoms with Crippen LogP contribution in [0.5, 0.6) is 5.75 Å². The molecule has 1 saturated heterocycles. The second-order valence-corrected chi connectivity index (χ2v) is 6.81. The second kappa shape index (κ2) is 7.40. The molecule has 0 spiro atoms. The Morgan fingerprint density at radius 1 is 1.26 bits per heavy atom. The number of benzene rings is 2. The lowest BCUT2D eigenvalue weighted by molar-refractivity contribution is -0.117. The molecule has 0 bridgehead atoms. The average molecular weight is 383 g/mol. The zero-order chi connectivity index (χ0) is 18.8. The van der Waals surface area contributed by atoms with E-state index in [0.29, 0.717) is 16.5 Å². The summed E-state index contributed by atoms with van der Waals surface area (Å²) in [4.78, 5) is 23.8. The van der Waals surface area contributed by atoms with Gasteiger partial charge in [-0.15, -0.1) is 0 Å². The van der Waals surface area contributed by atoms with Crippen molar-refractivity contribution >= 4 is 39.9 Å². The van der Waals surface area contributed by atoms with E-state index < -0.39 is 0 Å². The van der Waals surface area contributed by atoms with Crippen molar-refractivity contribution < 1.29 is 9.53 Å². The molecule has 0 aliphatic carbocycles. The molecule has 1 aliphatic rings. The molecular formula is C20H19ClN4O2. The predicted octanol–water partition coefficient (Wildman–Crippen LogP) is 3.90. The number of hydrogen-bond acceptors (Lipinski definition) is 5. The molecule has 0 radical (unpaired) electrons. The Morgan fingerprint density at radius 3 is 2.93 bits per heavy atom. The van der Waals surface area contributed by atoms with Gasteiger partial charge in [0.2, 0.25) is 5.91 Å². The molecular weight excluding hydrogens is 364 g/mol. The fourth-order valence-electron chi connectivity index (χ4n) is 3.48. The van der Waals surface area contributed by atoms with E-state index in [1.54, 1.807) is 31.6 Å². The maximum Gasteiger partial charge on any atom is 0.247 e. The van der Waals surface area contributed by atoms with Gasteiger partial charge in [0.15, 0.2) is 0 Å². The third-order valence-corrected chi connectivity index (χ3v) is 5.06. The van der Waals surface area contributed by atoms with Crippen LogP contribution in [0.2, 0.25) is 5.02 Å². The van der Waals surface area contributed by atoms with Crippen LogP contribution in [0.25, 0.3) is 10.9 Å². The normalized spacial score (nSPS) is 16.5. The van der Waals surface area contributed by atoms with Gasteiger partial charge < -0.3 is 15.0 Å². The highest BCUT2D eigenvalue weighted by atomic mass is 35.5. The lowest BCUT2D eigenvalue weighted by atomic mass is 10.1. The third kappa shape index (κ3) is 3.40. The largest absolute Gasteiger partial charge is 0.495 e. The number of rotatable bonds is 4. The first-order valence-electron chi connectivity index (χ1n) is 8.78. The number of methoxy groups -OCH3 is 1. The number of para-hydroxylation sites is 1. The fraction of sp³-hybridized carbons (Fsp3) is 0.250. The van der Waals surface area contributed by atoms with Gasteiger partial charge in [-0.3, -0.25) is 4.79 Å². The van der Waals surface area contributed by atoms with Crippen molar-refractivity contribution in [3.63, 3.8) is 0 Å². The third-order valence-electron chi connectivity index (χ3n) is 4.77. The molecule has 2 heterocycles. The molecule has 138 valence electrons. The minimum Gasteiger partial charge on any atom is -0.495 e. The van der Waals surface area contributed by atoms with Gasteiger partial charge >= 0.3 is 0 Å². The van der Waals surface area contributed by atoms with Crippen LogP contribution < -0.4 is 15.0 Å². The number of amides is 1. The molecule has 3 aromatic rings. The van der Waals surface area contributed by atoms with Crippen LogP contribution in [0.3, 0.4) is 0 Å². The van der Waals surface area contributed by atoms with Gasteiger partial charge in [0, 0.05) is 17.6 Å². The summed E-state index contributed by atoms with van der Waals surface area (Å²) >= 11 is 6.16. The van der Waals surface area contributed by atoms with Gasteiger partial charge in [-0.25, -0.2) is 9.97 Å². The molecule has 6 nitrogen and oxygen atoms in total. The molecule has 1 N–H and O–H groups in total. The van der Waals surface area contributed by atoms with E-state index in [0.717, 1.165) is 36.1 Å². The number of halogens is 1. The Hall–Kier alpha value is -2.86. The quantitative estimate of drug-likeness (QED) is 0.741. The molecule has 0 saturated carbocycles. The lowest BCUT2D eigenvalue weighted by Crippen LogP contribution is -2.40. The van der Waals surface area contributed by atoms with E-state index in [2.05, 4.69) is 20.2 Å². The molecule has 27 heavy (non-hydrogen) atoms. The summed E-state index contributed by atoms with van der Waals surface area (Å²) in [5.41, 5.74) is 1.51. The summed E-state index contributed by atoms with van der Waals surface area (Å²) in [6.45, 7) is 0.780. The van der Waals surface area contributed by atoms with Crippen LogP contribution in [0.1, 0.15) is 12.8 Å². The molecule has 7 heteroatoms. The number of nitrogens with one attached hydrogen (secondary N) is 1. The maximum absolute atomic E-state index is 12.9. The van der Waals surface area contributed by atoms with E-state index >= 15 is 0 Å². The Balaban J connectivity index is 1.59. The smallest absolute Gasteiger partial charge is 0.247 e. The van der Waals surface area contributed by atoms with Crippen LogP contribution in [-0.2, 0) is 4.79 Å². The van der Waals surface area contributed by atoms with Crippen LogP contribution in [-0.4, -0.2) is 35.6 Å². The topological polar surface area (TPSA) is 67.3 Å². The van der Waals surface area contributed by atoms with Crippen molar-refractivity contribution in [2.45, 2.75) is 18.9 Å². The Labute approximate surface area is 162 Å². The number of fused-ring (bicyclic) bond motifs is 1. The number of carbonyl (C=O) groups is 1. The van der Waals surface area contributed by atoms with Gasteiger partial charge in [0.05, 0.1) is 17.6 Å². The fourth-order valence-corrected chi connectivity index (χ4v) is 3.74. The van der Waals surface area contributed by atoms with Crippen LogP contribution in [0.4, 0.5) is 11.5 Å². The van der Waals surface area contributed by atoms with Crippen LogP contribution in [0, 0.1) is 0 Å². The van der Waals surface area contributed by atoms with Gasteiger partial charge in [-0.1, -0.05) is 23.7 Å². The molecule has 1 atom stereocenters. The summed E-state index contributed by atoms with van der Waals surface area (Å²) in [5, 5.41) is 4.37. The van der Waals surface area contributed by atoms with Crippen molar-refractivity contribution in [3.05, 3.63) is 53.8 Å². The highest BCUT2D eigenvalue weighted by molar-refractivity contribution is 6.32. The number of nitrogens with zero attached hydrogens (tertiary/aromatic N) is 3. The number of ether oxygens (including phenoxy) is 1. The van der Waals surface area contributed by atoms with E-state index in [-0.39, 0.29) is 11.9 Å². The van der Waals surface area contributed by atoms with Gasteiger partial charge in [-0.05, 0) is 43.2 Å². The highest BCUT2D eigenvalue weighted by Gasteiger charge is 2.32. The Morgan fingerprint density at radius 2 is 2.11 bits per heavy atom. The summed E-state index contributed by atoms with van der Waals surface area (Å²) in [6.07, 6.45) is 3.25. The van der Waals surface area contributed by atoms with Crippen molar-refractivity contribution in [2.75, 3.05) is 23.9 Å². The average Bonchev–Trinajstić information content (AvgIpc) is 3.17. The lowest BCUT2D eigenvalue weighted by Gasteiger charge is -2.25. The molecule has 0 unspecified atom stereocenters. The van der Waals surface area contributed by atoms with E-state index in [4.69, 9.17) is 16.3 Å². The molecule has 1 aliphatic heterocycles. The van der Waals surface area contributed by atoms with Crippen LogP contribution >= 0.6 is 11.6 Å². The van der Waals surface area contributed by atoms with Crippen molar-refractivity contribution in [1.82, 2.24) is 9.97 Å². The van der Waals surface area contributed by atoms with E-state index in [1.807, 2.05) is 24.3 Å². The maximum atomic E-state index is 12.9. The molecule has 4 rings (SSSR count). The number of carbonyl (C=O) groups excluding carboxylic acids is 1. The molecule has 1 fully saturated rings. The highest BCUT2D eigenvalue weighted by Crippen LogP contribution is 2.31. The van der Waals surface area contributed by atoms with Gasteiger partial charge in [0.25, 0.3) is 0 Å². The van der Waals surface area contributed by atoms with E-state index in [9.17, 15) is 4.79 Å². The monoisotopic (exact) mass is 382 g/mol. The molecule has 1 aromatic heterocycles. The first-order valence-corrected chi connectivity index (χ1v) is 9.16. The first-order chi connectivity index (χ1) is 13.2. The zero-order valence-electron chi connectivity index (χ0n) is 14.9. The van der Waals surface area contributed by atoms with Crippen molar-refractivity contribution in [3.8, 4) is 5.75 Å². The predicted molar refractivity (Wildman–Crippen MR) is 107 cm³/mol. The Kier molecular flexibility index (Phi) is 4.81. The summed E-state index contributed by atoms with van der Waals surface area (Å²) < 4.78 is 5.15. The summed E-state index contributed by atoms with van der Waals surface area (Å²) in [7, 11) is 1.56. The summed E-state index contributed by atoms with van der Waals surface area (Å²) in [5.74, 6) is 1.30. The van der Waals surface area contributed by atoms with Crippen molar-refractivity contribution in [1.29, 1.82) is 0 Å². The number of aromatic nitrogens is 2. The number of hydrogen-bond donors (Lipinski definition) is 1. The van der Waals surface area contributed by atoms with E-state index in [1.165, 1.54) is 0 Å². The number of anilines is 2. The Bertz CT molecular complexity index is 989. The molecule has 2 aromatic carbocycles. The van der Waals surface area contributed by atoms with Crippen molar-refractivity contribution in [2.24, 2.45) is 0 Å². The summed E-state index contributed by atoms with van der Waals surface area (Å²) in [6, 6.07) is 12.8. The zero-order valence-corrected chi connectivity index (χ0v) is 15.6. The minimum atomic E-state index is -0.288. The van der Waals surface area contributed by atoms with Gasteiger partial charge in [-0.2, -0.15) is 0 Å². The van der Waals surface area contributed by atoms with Gasteiger partial charge in [0.1, 0.15) is 23.9 Å². The standard InChI is InChI=1S/C20H19ClN4O2/c1-27-18-9-8-13(11-15(18)21)24-20(26)17-7-4-10-25(17)19-14-5-2-3-6-16(14)22-12-23-19/h2-3,5-6,8-9,11-12,17H,4,7,10H2,1H3,(H,24,26)/t17-/m0/s1. The second-order valence-electron chi connectivity index (χ2n) is 6.40. The minimum absolute atomic E-state index is 0.0728. The SMILES string of the molecule is COc1ccc(NC(=O)[C@@H]2CCCN2c2ncnc3ccccc23)cc1Cl. The van der Waals surface area contributed by atoms with Crippen LogP contribution in [0.15, 0.2) is 48.8 Å².